The van der Waals surface area contributed by atoms with E-state index in [1.807, 2.05) is 30.3 Å². The number of nitrogens with zero attached hydrogens (tertiary/aromatic N) is 2. The highest BCUT2D eigenvalue weighted by Gasteiger charge is 2.32. The van der Waals surface area contributed by atoms with Gasteiger partial charge < -0.3 is 14.6 Å². The fourth-order valence-electron chi connectivity index (χ4n) is 3.05. The fraction of sp³-hybridized carbons (Fsp3) is 0.474. The van der Waals surface area contributed by atoms with E-state index in [1.54, 1.807) is 6.07 Å². The molecule has 1 saturated heterocycles. The normalized spacial score (nSPS) is 17.8. The third-order valence-electron chi connectivity index (χ3n) is 4.97. The second kappa shape index (κ2) is 7.80. The Balaban J connectivity index is 1.63. The highest BCUT2D eigenvalue weighted by atomic mass is 16.5. The van der Waals surface area contributed by atoms with Gasteiger partial charge in [0.05, 0.1) is 13.2 Å². The molecule has 0 bridgehead atoms. The van der Waals surface area contributed by atoms with E-state index >= 15 is 0 Å². The van der Waals surface area contributed by atoms with E-state index in [9.17, 15) is 4.79 Å². The zero-order chi connectivity index (χ0) is 17.7. The number of morpholine rings is 1. The Hall–Kier alpha value is -2.18. The predicted octanol–water partition coefficient (Wildman–Crippen LogP) is 2.57. The van der Waals surface area contributed by atoms with Crippen molar-refractivity contribution in [1.29, 1.82) is 0 Å². The Morgan fingerprint density at radius 2 is 2.00 bits per heavy atom. The number of rotatable bonds is 6. The number of amides is 1. The zero-order valence-electron chi connectivity index (χ0n) is 14.8. The lowest BCUT2D eigenvalue weighted by molar-refractivity contribution is -0.0169. The van der Waals surface area contributed by atoms with Gasteiger partial charge in [-0.3, -0.25) is 9.69 Å². The maximum absolute atomic E-state index is 12.5. The number of carbonyl (C=O) groups excluding carboxylic acids is 1. The van der Waals surface area contributed by atoms with Crippen LogP contribution in [0, 0.1) is 0 Å². The molecule has 1 amide bonds. The lowest BCUT2D eigenvalue weighted by atomic mass is 9.95. The van der Waals surface area contributed by atoms with Crippen LogP contribution in [-0.4, -0.2) is 54.4 Å². The van der Waals surface area contributed by atoms with Crippen LogP contribution in [0.5, 0.6) is 0 Å². The topological polar surface area (TPSA) is 67.6 Å². The third kappa shape index (κ3) is 4.08. The molecule has 134 valence electrons. The summed E-state index contributed by atoms with van der Waals surface area (Å²) in [7, 11) is 0. The fourth-order valence-corrected chi connectivity index (χ4v) is 3.05. The van der Waals surface area contributed by atoms with Crippen LogP contribution in [0.3, 0.4) is 0 Å². The molecule has 1 aromatic heterocycles. The van der Waals surface area contributed by atoms with Gasteiger partial charge in [0.15, 0.2) is 11.5 Å². The van der Waals surface area contributed by atoms with Crippen LogP contribution in [0.2, 0.25) is 0 Å². The van der Waals surface area contributed by atoms with Gasteiger partial charge in [0.1, 0.15) is 0 Å². The minimum Gasteiger partial charge on any atom is -0.379 e. The summed E-state index contributed by atoms with van der Waals surface area (Å²) in [4.78, 5) is 14.8. The lowest BCUT2D eigenvalue weighted by Crippen LogP contribution is -2.56. The van der Waals surface area contributed by atoms with Crippen molar-refractivity contribution in [2.24, 2.45) is 0 Å². The molecule has 1 fully saturated rings. The molecule has 6 nitrogen and oxygen atoms in total. The van der Waals surface area contributed by atoms with Crippen molar-refractivity contribution >= 4 is 5.91 Å². The van der Waals surface area contributed by atoms with Crippen LogP contribution >= 0.6 is 0 Å². The Kier molecular flexibility index (Phi) is 5.50. The second-order valence-electron chi connectivity index (χ2n) is 6.58. The van der Waals surface area contributed by atoms with Crippen molar-refractivity contribution in [1.82, 2.24) is 15.4 Å². The summed E-state index contributed by atoms with van der Waals surface area (Å²) >= 11 is 0. The predicted molar refractivity (Wildman–Crippen MR) is 95.4 cm³/mol. The Labute approximate surface area is 148 Å². The van der Waals surface area contributed by atoms with Crippen molar-refractivity contribution in [3.05, 3.63) is 42.1 Å². The van der Waals surface area contributed by atoms with Crippen LogP contribution in [0.15, 0.2) is 40.9 Å². The number of benzene rings is 1. The molecule has 2 aromatic rings. The van der Waals surface area contributed by atoms with Crippen LogP contribution in [0.4, 0.5) is 0 Å². The quantitative estimate of drug-likeness (QED) is 0.873. The molecule has 3 rings (SSSR count). The van der Waals surface area contributed by atoms with Crippen LogP contribution < -0.4 is 5.32 Å². The van der Waals surface area contributed by atoms with Crippen LogP contribution in [0.1, 0.15) is 30.8 Å². The minimum atomic E-state index is -0.209. The molecule has 25 heavy (non-hydrogen) atoms. The minimum absolute atomic E-state index is 0.0918. The first kappa shape index (κ1) is 17.6. The van der Waals surface area contributed by atoms with E-state index in [0.717, 1.165) is 38.3 Å². The first-order valence-corrected chi connectivity index (χ1v) is 8.75. The molecule has 0 aliphatic carbocycles. The van der Waals surface area contributed by atoms with Crippen molar-refractivity contribution in [3.8, 4) is 11.3 Å². The van der Waals surface area contributed by atoms with E-state index in [4.69, 9.17) is 9.26 Å². The molecule has 0 unspecified atom stereocenters. The summed E-state index contributed by atoms with van der Waals surface area (Å²) in [5, 5.41) is 6.92. The number of nitrogens with one attached hydrogen (secondary N) is 1. The summed E-state index contributed by atoms with van der Waals surface area (Å²) < 4.78 is 10.7. The molecule has 0 spiro atoms. The second-order valence-corrected chi connectivity index (χ2v) is 6.58. The maximum Gasteiger partial charge on any atom is 0.273 e. The van der Waals surface area contributed by atoms with Gasteiger partial charge in [0.2, 0.25) is 0 Å². The highest BCUT2D eigenvalue weighted by molar-refractivity contribution is 5.93. The van der Waals surface area contributed by atoms with Crippen molar-refractivity contribution in [2.75, 3.05) is 32.8 Å². The average molecular weight is 343 g/mol. The van der Waals surface area contributed by atoms with E-state index in [2.05, 4.69) is 29.2 Å². The molecule has 0 saturated carbocycles. The van der Waals surface area contributed by atoms with Gasteiger partial charge in [0.25, 0.3) is 5.91 Å². The molecular formula is C19H25N3O3. The zero-order valence-corrected chi connectivity index (χ0v) is 14.8. The maximum atomic E-state index is 12.5. The molecule has 0 radical (unpaired) electrons. The molecule has 1 aliphatic rings. The van der Waals surface area contributed by atoms with Gasteiger partial charge in [-0.2, -0.15) is 0 Å². The Morgan fingerprint density at radius 3 is 2.68 bits per heavy atom. The highest BCUT2D eigenvalue weighted by Crippen LogP contribution is 2.21. The van der Waals surface area contributed by atoms with Crippen molar-refractivity contribution < 1.29 is 14.1 Å². The number of ether oxygens (including phenoxy) is 1. The largest absolute Gasteiger partial charge is 0.379 e. The summed E-state index contributed by atoms with van der Waals surface area (Å²) in [6.07, 6.45) is 0.946. The van der Waals surface area contributed by atoms with Crippen LogP contribution in [-0.2, 0) is 4.74 Å². The van der Waals surface area contributed by atoms with Gasteiger partial charge >= 0.3 is 0 Å². The molecule has 6 heteroatoms. The first-order chi connectivity index (χ1) is 12.1. The monoisotopic (exact) mass is 343 g/mol. The summed E-state index contributed by atoms with van der Waals surface area (Å²) in [6, 6.07) is 11.3. The summed E-state index contributed by atoms with van der Waals surface area (Å²) in [5.41, 5.74) is 1.12. The summed E-state index contributed by atoms with van der Waals surface area (Å²) in [6.45, 7) is 8.16. The lowest BCUT2D eigenvalue weighted by Gasteiger charge is -2.42. The van der Waals surface area contributed by atoms with Gasteiger partial charge in [0, 0.05) is 36.8 Å². The molecule has 1 aliphatic heterocycles. The van der Waals surface area contributed by atoms with E-state index < -0.39 is 0 Å². The Bertz CT molecular complexity index is 695. The average Bonchev–Trinajstić information content (AvgIpc) is 3.17. The molecule has 1 aromatic carbocycles. The SMILES string of the molecule is CC[C@](C)(CNC(=O)c1cc(-c2ccccc2)on1)N1CCOCC1. The molecule has 1 atom stereocenters. The van der Waals surface area contributed by atoms with Gasteiger partial charge in [-0.05, 0) is 13.3 Å². The van der Waals surface area contributed by atoms with Crippen molar-refractivity contribution in [3.63, 3.8) is 0 Å². The standard InChI is InChI=1S/C19H25N3O3/c1-3-19(2,22-9-11-24-12-10-22)14-20-18(23)16-13-17(25-21-16)15-7-5-4-6-8-15/h4-8,13H,3,9-12,14H2,1-2H3,(H,20,23)/t19-/m1/s1. The van der Waals surface area contributed by atoms with Gasteiger partial charge in [-0.15, -0.1) is 0 Å². The number of aromatic nitrogens is 1. The van der Waals surface area contributed by atoms with Gasteiger partial charge in [-0.1, -0.05) is 42.4 Å². The van der Waals surface area contributed by atoms with Crippen molar-refractivity contribution in [2.45, 2.75) is 25.8 Å². The van der Waals surface area contributed by atoms with Gasteiger partial charge in [-0.25, -0.2) is 0 Å². The Morgan fingerprint density at radius 1 is 1.28 bits per heavy atom. The van der Waals surface area contributed by atoms with E-state index in [0.29, 0.717) is 18.0 Å². The van der Waals surface area contributed by atoms with E-state index in [-0.39, 0.29) is 11.4 Å². The third-order valence-corrected chi connectivity index (χ3v) is 4.97. The molecular weight excluding hydrogens is 318 g/mol. The van der Waals surface area contributed by atoms with E-state index in [1.165, 1.54) is 0 Å². The number of hydrogen-bond acceptors (Lipinski definition) is 5. The number of hydrogen-bond donors (Lipinski definition) is 1. The van der Waals surface area contributed by atoms with Crippen LogP contribution in [0.25, 0.3) is 11.3 Å². The first-order valence-electron chi connectivity index (χ1n) is 8.75. The summed E-state index contributed by atoms with van der Waals surface area (Å²) in [5.74, 6) is 0.385. The number of carbonyl (C=O) groups is 1. The smallest absolute Gasteiger partial charge is 0.273 e. The molecule has 1 N–H and O–H groups in total. The molecule has 2 heterocycles.